The molecule has 0 fully saturated rings. The second-order valence-corrected chi connectivity index (χ2v) is 6.81. The lowest BCUT2D eigenvalue weighted by Crippen LogP contribution is -2.28. The molecular weight excluding hydrogens is 250 g/mol. The van der Waals surface area contributed by atoms with E-state index in [0.29, 0.717) is 19.6 Å². The molecule has 0 saturated heterocycles. The van der Waals surface area contributed by atoms with Gasteiger partial charge in [0.2, 0.25) is 0 Å². The van der Waals surface area contributed by atoms with Crippen LogP contribution < -0.4 is 10.1 Å². The molecule has 0 amide bonds. The summed E-state index contributed by atoms with van der Waals surface area (Å²) in [4.78, 5) is 0. The molecule has 0 spiro atoms. The summed E-state index contributed by atoms with van der Waals surface area (Å²) in [5.74, 6) is 1.36. The molecule has 0 aliphatic carbocycles. The molecule has 1 aromatic rings. The Morgan fingerprint density at radius 1 is 1.33 bits per heavy atom. The van der Waals surface area contributed by atoms with Gasteiger partial charge in [-0.2, -0.15) is 0 Å². The first-order valence-corrected chi connectivity index (χ1v) is 8.10. The fourth-order valence-electron chi connectivity index (χ4n) is 2.13. The average Bonchev–Trinajstić information content (AvgIpc) is 2.73. The van der Waals surface area contributed by atoms with Gasteiger partial charge in [0.15, 0.2) is 9.84 Å². The molecule has 1 aliphatic heterocycles. The van der Waals surface area contributed by atoms with Gasteiger partial charge in [-0.05, 0) is 12.5 Å². The third kappa shape index (κ3) is 3.23. The van der Waals surface area contributed by atoms with Gasteiger partial charge in [-0.3, -0.25) is 0 Å². The predicted octanol–water partition coefficient (Wildman–Crippen LogP) is 1.53. The monoisotopic (exact) mass is 269 g/mol. The molecule has 18 heavy (non-hydrogen) atoms. The van der Waals surface area contributed by atoms with Gasteiger partial charge in [0.25, 0.3) is 0 Å². The van der Waals surface area contributed by atoms with E-state index < -0.39 is 9.84 Å². The zero-order valence-corrected chi connectivity index (χ0v) is 11.4. The average molecular weight is 269 g/mol. The van der Waals surface area contributed by atoms with Crippen molar-refractivity contribution >= 4 is 9.84 Å². The Hall–Kier alpha value is -1.07. The van der Waals surface area contributed by atoms with Gasteiger partial charge in [0.05, 0.1) is 11.8 Å². The minimum atomic E-state index is -2.90. The van der Waals surface area contributed by atoms with Crippen molar-refractivity contribution in [3.8, 4) is 5.75 Å². The van der Waals surface area contributed by atoms with Crippen LogP contribution in [0.25, 0.3) is 0 Å². The van der Waals surface area contributed by atoms with Crippen molar-refractivity contribution < 1.29 is 13.2 Å². The van der Waals surface area contributed by atoms with E-state index in [0.717, 1.165) is 11.3 Å². The SMILES string of the molecule is CCCS(=O)(=O)CCNC1COc2ccccc21. The summed E-state index contributed by atoms with van der Waals surface area (Å²) in [6, 6.07) is 7.96. The summed E-state index contributed by atoms with van der Waals surface area (Å²) in [5, 5.41) is 3.25. The highest BCUT2D eigenvalue weighted by atomic mass is 32.2. The maximum Gasteiger partial charge on any atom is 0.151 e. The fourth-order valence-corrected chi connectivity index (χ4v) is 3.39. The van der Waals surface area contributed by atoms with E-state index in [1.807, 2.05) is 31.2 Å². The number of rotatable bonds is 6. The smallest absolute Gasteiger partial charge is 0.151 e. The summed E-state index contributed by atoms with van der Waals surface area (Å²) < 4.78 is 28.7. The lowest BCUT2D eigenvalue weighted by molar-refractivity contribution is 0.313. The Morgan fingerprint density at radius 3 is 2.89 bits per heavy atom. The van der Waals surface area contributed by atoms with Crippen LogP contribution >= 0.6 is 0 Å². The zero-order valence-electron chi connectivity index (χ0n) is 10.6. The molecular formula is C13H19NO3S. The zero-order chi connectivity index (χ0) is 13.0. The highest BCUT2D eigenvalue weighted by molar-refractivity contribution is 7.91. The molecule has 1 heterocycles. The molecule has 1 atom stereocenters. The summed E-state index contributed by atoms with van der Waals surface area (Å²) >= 11 is 0. The van der Waals surface area contributed by atoms with Crippen LogP contribution in [0, 0.1) is 0 Å². The third-order valence-corrected chi connectivity index (χ3v) is 4.88. The highest BCUT2D eigenvalue weighted by Crippen LogP contribution is 2.31. The summed E-state index contributed by atoms with van der Waals surface area (Å²) in [5.41, 5.74) is 1.12. The molecule has 1 aromatic carbocycles. The van der Waals surface area contributed by atoms with Crippen LogP contribution in [0.15, 0.2) is 24.3 Å². The molecule has 0 radical (unpaired) electrons. The number of ether oxygens (including phenoxy) is 1. The van der Waals surface area contributed by atoms with Crippen LogP contribution in [-0.4, -0.2) is 33.1 Å². The van der Waals surface area contributed by atoms with Gasteiger partial charge in [0, 0.05) is 17.9 Å². The standard InChI is InChI=1S/C13H19NO3S/c1-2-8-18(15,16)9-7-14-12-10-17-13-6-4-3-5-11(12)13/h3-6,12,14H,2,7-10H2,1H3. The van der Waals surface area contributed by atoms with E-state index >= 15 is 0 Å². The number of nitrogens with one attached hydrogen (secondary N) is 1. The summed E-state index contributed by atoms with van der Waals surface area (Å²) in [6.45, 7) is 2.93. The Morgan fingerprint density at radius 2 is 2.11 bits per heavy atom. The second kappa shape index (κ2) is 5.71. The lowest BCUT2D eigenvalue weighted by Gasteiger charge is -2.11. The molecule has 2 rings (SSSR count). The minimum absolute atomic E-state index is 0.109. The van der Waals surface area contributed by atoms with Crippen LogP contribution in [-0.2, 0) is 9.84 Å². The molecule has 4 nitrogen and oxygen atoms in total. The number of fused-ring (bicyclic) bond motifs is 1. The van der Waals surface area contributed by atoms with Crippen molar-refractivity contribution in [2.45, 2.75) is 19.4 Å². The number of hydrogen-bond donors (Lipinski definition) is 1. The molecule has 1 unspecified atom stereocenters. The second-order valence-electron chi connectivity index (χ2n) is 4.51. The maximum atomic E-state index is 11.6. The number of para-hydroxylation sites is 1. The quantitative estimate of drug-likeness (QED) is 0.851. The van der Waals surface area contributed by atoms with E-state index in [9.17, 15) is 8.42 Å². The van der Waals surface area contributed by atoms with Gasteiger partial charge in [-0.15, -0.1) is 0 Å². The van der Waals surface area contributed by atoms with Crippen molar-refractivity contribution in [2.24, 2.45) is 0 Å². The van der Waals surface area contributed by atoms with Crippen LogP contribution in [0.5, 0.6) is 5.75 Å². The molecule has 100 valence electrons. The van der Waals surface area contributed by atoms with E-state index in [4.69, 9.17) is 4.74 Å². The van der Waals surface area contributed by atoms with Crippen molar-refractivity contribution in [1.82, 2.24) is 5.32 Å². The largest absolute Gasteiger partial charge is 0.491 e. The van der Waals surface area contributed by atoms with Crippen molar-refractivity contribution in [3.63, 3.8) is 0 Å². The van der Waals surface area contributed by atoms with Gasteiger partial charge in [-0.1, -0.05) is 25.1 Å². The topological polar surface area (TPSA) is 55.4 Å². The first kappa shape index (κ1) is 13.4. The Balaban J connectivity index is 1.86. The number of hydrogen-bond acceptors (Lipinski definition) is 4. The van der Waals surface area contributed by atoms with E-state index in [1.165, 1.54) is 0 Å². The molecule has 0 aromatic heterocycles. The van der Waals surface area contributed by atoms with Crippen LogP contribution in [0.4, 0.5) is 0 Å². The molecule has 5 heteroatoms. The summed E-state index contributed by atoms with van der Waals surface area (Å²) in [7, 11) is -2.90. The number of benzene rings is 1. The van der Waals surface area contributed by atoms with Crippen molar-refractivity contribution in [2.75, 3.05) is 24.7 Å². The fraction of sp³-hybridized carbons (Fsp3) is 0.538. The van der Waals surface area contributed by atoms with E-state index in [1.54, 1.807) is 0 Å². The Kier molecular flexibility index (Phi) is 4.24. The van der Waals surface area contributed by atoms with Crippen LogP contribution in [0.3, 0.4) is 0 Å². The van der Waals surface area contributed by atoms with E-state index in [-0.39, 0.29) is 17.5 Å². The molecule has 1 aliphatic rings. The Bertz CT molecular complexity index is 499. The first-order chi connectivity index (χ1) is 8.62. The number of sulfone groups is 1. The predicted molar refractivity (Wildman–Crippen MR) is 71.6 cm³/mol. The first-order valence-electron chi connectivity index (χ1n) is 6.28. The maximum absolute atomic E-state index is 11.6. The van der Waals surface area contributed by atoms with Crippen LogP contribution in [0.2, 0.25) is 0 Å². The van der Waals surface area contributed by atoms with Gasteiger partial charge in [0.1, 0.15) is 12.4 Å². The normalized spacial score (nSPS) is 18.4. The molecule has 0 saturated carbocycles. The molecule has 0 bridgehead atoms. The van der Waals surface area contributed by atoms with Crippen molar-refractivity contribution in [1.29, 1.82) is 0 Å². The van der Waals surface area contributed by atoms with E-state index in [2.05, 4.69) is 5.32 Å². The molecule has 1 N–H and O–H groups in total. The van der Waals surface area contributed by atoms with Gasteiger partial charge < -0.3 is 10.1 Å². The van der Waals surface area contributed by atoms with Gasteiger partial charge in [-0.25, -0.2) is 8.42 Å². The highest BCUT2D eigenvalue weighted by Gasteiger charge is 2.23. The lowest BCUT2D eigenvalue weighted by atomic mass is 10.1. The third-order valence-electron chi connectivity index (χ3n) is 3.02. The van der Waals surface area contributed by atoms with Crippen LogP contribution in [0.1, 0.15) is 24.9 Å². The van der Waals surface area contributed by atoms with Crippen molar-refractivity contribution in [3.05, 3.63) is 29.8 Å². The summed E-state index contributed by atoms with van der Waals surface area (Å²) in [6.07, 6.45) is 0.678. The Labute approximate surface area is 108 Å². The minimum Gasteiger partial charge on any atom is -0.491 e. The van der Waals surface area contributed by atoms with Gasteiger partial charge >= 0.3 is 0 Å².